The van der Waals surface area contributed by atoms with Crippen molar-refractivity contribution in [1.29, 1.82) is 0 Å². The van der Waals surface area contributed by atoms with Crippen LogP contribution in [0.25, 0.3) is 11.0 Å². The Hall–Kier alpha value is -3.72. The predicted molar refractivity (Wildman–Crippen MR) is 108 cm³/mol. The molecule has 0 aliphatic rings. The standard InChI is InChI=1S/C19H14ClFN6O2/c1-26-15-7-4-12(23-16-8-9-22-17(20)25-16)10-14(15)24-18(26)27(19(28)29)13-5-2-11(21)3-6-13/h2-10H,1H3,(H,28,29)(H,22,23,25). The van der Waals surface area contributed by atoms with Crippen molar-refractivity contribution in [2.45, 2.75) is 0 Å². The van der Waals surface area contributed by atoms with Crippen molar-refractivity contribution in [3.8, 4) is 0 Å². The van der Waals surface area contributed by atoms with Gasteiger partial charge in [0.1, 0.15) is 11.6 Å². The van der Waals surface area contributed by atoms with E-state index in [1.165, 1.54) is 30.5 Å². The molecule has 0 unspecified atom stereocenters. The summed E-state index contributed by atoms with van der Waals surface area (Å²) in [5.41, 5.74) is 2.27. The zero-order valence-electron chi connectivity index (χ0n) is 15.0. The number of benzene rings is 2. The summed E-state index contributed by atoms with van der Waals surface area (Å²) in [6, 6.07) is 12.2. The molecule has 8 nitrogen and oxygen atoms in total. The van der Waals surface area contributed by atoms with E-state index >= 15 is 0 Å². The second kappa shape index (κ2) is 7.36. The van der Waals surface area contributed by atoms with Crippen LogP contribution in [0, 0.1) is 5.82 Å². The van der Waals surface area contributed by atoms with Gasteiger partial charge in [0.2, 0.25) is 11.2 Å². The normalized spacial score (nSPS) is 10.9. The number of aromatic nitrogens is 4. The van der Waals surface area contributed by atoms with E-state index in [-0.39, 0.29) is 16.9 Å². The first-order valence-electron chi connectivity index (χ1n) is 8.43. The van der Waals surface area contributed by atoms with Crippen LogP contribution in [0.4, 0.5) is 32.3 Å². The fourth-order valence-electron chi connectivity index (χ4n) is 2.92. The number of carbonyl (C=O) groups is 1. The third-order valence-electron chi connectivity index (χ3n) is 4.23. The molecule has 0 aliphatic carbocycles. The molecule has 0 spiro atoms. The monoisotopic (exact) mass is 412 g/mol. The molecule has 0 atom stereocenters. The van der Waals surface area contributed by atoms with E-state index in [4.69, 9.17) is 11.6 Å². The predicted octanol–water partition coefficient (Wildman–Crippen LogP) is 4.72. The van der Waals surface area contributed by atoms with Gasteiger partial charge in [0.05, 0.1) is 16.7 Å². The maximum atomic E-state index is 13.2. The maximum absolute atomic E-state index is 13.2. The number of nitrogens with zero attached hydrogens (tertiary/aromatic N) is 5. The average Bonchev–Trinajstić information content (AvgIpc) is 2.99. The van der Waals surface area contributed by atoms with Crippen LogP contribution in [-0.2, 0) is 7.05 Å². The Kier molecular flexibility index (Phi) is 4.73. The van der Waals surface area contributed by atoms with E-state index in [2.05, 4.69) is 20.3 Å². The Morgan fingerprint density at radius 2 is 1.93 bits per heavy atom. The van der Waals surface area contributed by atoms with Crippen LogP contribution in [0.1, 0.15) is 0 Å². The quantitative estimate of drug-likeness (QED) is 0.471. The summed E-state index contributed by atoms with van der Waals surface area (Å²) in [7, 11) is 1.71. The van der Waals surface area contributed by atoms with Crippen molar-refractivity contribution in [3.05, 3.63) is 65.8 Å². The Morgan fingerprint density at radius 1 is 1.17 bits per heavy atom. The SMILES string of the molecule is Cn1c(N(C(=O)O)c2ccc(F)cc2)nc2cc(Nc3ccnc(Cl)n3)ccc21. The van der Waals surface area contributed by atoms with Gasteiger partial charge in [-0.3, -0.25) is 0 Å². The molecule has 1 amide bonds. The number of carboxylic acid groups (broad SMARTS) is 1. The van der Waals surface area contributed by atoms with Crippen molar-refractivity contribution < 1.29 is 14.3 Å². The van der Waals surface area contributed by atoms with Gasteiger partial charge in [-0.05, 0) is 60.1 Å². The average molecular weight is 413 g/mol. The van der Waals surface area contributed by atoms with Crippen LogP contribution in [0.2, 0.25) is 5.28 Å². The second-order valence-electron chi connectivity index (χ2n) is 6.10. The summed E-state index contributed by atoms with van der Waals surface area (Å²) in [5.74, 6) is 0.241. The fourth-order valence-corrected chi connectivity index (χ4v) is 3.07. The number of nitrogens with one attached hydrogen (secondary N) is 1. The Bertz CT molecular complexity index is 1210. The summed E-state index contributed by atoms with van der Waals surface area (Å²) in [4.78, 5) is 25.3. The van der Waals surface area contributed by atoms with Gasteiger partial charge in [0, 0.05) is 18.9 Å². The van der Waals surface area contributed by atoms with Crippen molar-refractivity contribution in [2.75, 3.05) is 10.2 Å². The lowest BCUT2D eigenvalue weighted by Gasteiger charge is -2.18. The van der Waals surface area contributed by atoms with Crippen molar-refractivity contribution in [2.24, 2.45) is 7.05 Å². The molecule has 2 heterocycles. The Morgan fingerprint density at radius 3 is 2.62 bits per heavy atom. The van der Waals surface area contributed by atoms with Gasteiger partial charge in [-0.25, -0.2) is 29.0 Å². The molecule has 0 saturated carbocycles. The highest BCUT2D eigenvalue weighted by Gasteiger charge is 2.23. The molecule has 146 valence electrons. The largest absolute Gasteiger partial charge is 0.464 e. The molecule has 0 radical (unpaired) electrons. The Labute approximate surface area is 169 Å². The van der Waals surface area contributed by atoms with Crippen molar-refractivity contribution in [3.63, 3.8) is 0 Å². The molecule has 29 heavy (non-hydrogen) atoms. The lowest BCUT2D eigenvalue weighted by Crippen LogP contribution is -2.26. The van der Waals surface area contributed by atoms with Gasteiger partial charge in [-0.1, -0.05) is 0 Å². The summed E-state index contributed by atoms with van der Waals surface area (Å²) in [5, 5.41) is 12.9. The first kappa shape index (κ1) is 18.6. The number of amides is 1. The van der Waals surface area contributed by atoms with Crippen LogP contribution in [0.5, 0.6) is 0 Å². The molecule has 0 saturated heterocycles. The lowest BCUT2D eigenvalue weighted by molar-refractivity contribution is 0.204. The van der Waals surface area contributed by atoms with Crippen molar-refractivity contribution in [1.82, 2.24) is 19.5 Å². The lowest BCUT2D eigenvalue weighted by atomic mass is 10.2. The van der Waals surface area contributed by atoms with Crippen LogP contribution in [0.3, 0.4) is 0 Å². The van der Waals surface area contributed by atoms with E-state index in [0.717, 1.165) is 10.4 Å². The highest BCUT2D eigenvalue weighted by Crippen LogP contribution is 2.30. The van der Waals surface area contributed by atoms with Crippen LogP contribution >= 0.6 is 11.6 Å². The van der Waals surface area contributed by atoms with Gasteiger partial charge in [0.15, 0.2) is 0 Å². The third-order valence-corrected chi connectivity index (χ3v) is 4.41. The van der Waals surface area contributed by atoms with E-state index in [1.807, 2.05) is 12.1 Å². The van der Waals surface area contributed by atoms with Gasteiger partial charge in [-0.2, -0.15) is 0 Å². The molecular weight excluding hydrogens is 399 g/mol. The highest BCUT2D eigenvalue weighted by molar-refractivity contribution is 6.28. The molecule has 0 fully saturated rings. The van der Waals surface area contributed by atoms with Gasteiger partial charge in [0.25, 0.3) is 0 Å². The zero-order valence-corrected chi connectivity index (χ0v) is 15.8. The number of fused-ring (bicyclic) bond motifs is 1. The summed E-state index contributed by atoms with van der Waals surface area (Å²) in [6.07, 6.45) is 0.298. The topological polar surface area (TPSA) is 96.2 Å². The van der Waals surface area contributed by atoms with Crippen LogP contribution in [0.15, 0.2) is 54.7 Å². The van der Waals surface area contributed by atoms with E-state index in [1.54, 1.807) is 23.7 Å². The minimum Gasteiger partial charge on any atom is -0.464 e. The number of aryl methyl sites for hydroxylation is 1. The molecule has 0 aliphatic heterocycles. The van der Waals surface area contributed by atoms with Crippen LogP contribution < -0.4 is 10.2 Å². The molecule has 2 aromatic carbocycles. The van der Waals surface area contributed by atoms with Gasteiger partial charge >= 0.3 is 6.09 Å². The number of rotatable bonds is 4. The zero-order chi connectivity index (χ0) is 20.5. The maximum Gasteiger partial charge on any atom is 0.418 e. The highest BCUT2D eigenvalue weighted by atomic mass is 35.5. The number of imidazole rings is 1. The summed E-state index contributed by atoms with van der Waals surface area (Å²) < 4.78 is 14.9. The Balaban J connectivity index is 1.74. The molecule has 10 heteroatoms. The number of hydrogen-bond acceptors (Lipinski definition) is 5. The minimum atomic E-state index is -1.23. The summed E-state index contributed by atoms with van der Waals surface area (Å²) in [6.45, 7) is 0. The smallest absolute Gasteiger partial charge is 0.418 e. The molecule has 4 rings (SSSR count). The fraction of sp³-hybridized carbons (Fsp3) is 0.0526. The molecular formula is C19H14ClFN6O2. The molecule has 2 aromatic heterocycles. The third kappa shape index (κ3) is 3.67. The number of hydrogen-bond donors (Lipinski definition) is 2. The van der Waals surface area contributed by atoms with Crippen LogP contribution in [-0.4, -0.2) is 30.7 Å². The number of halogens is 2. The minimum absolute atomic E-state index is 0.118. The van der Waals surface area contributed by atoms with Gasteiger partial charge in [-0.15, -0.1) is 0 Å². The van der Waals surface area contributed by atoms with E-state index in [9.17, 15) is 14.3 Å². The number of anilines is 4. The summed E-state index contributed by atoms with van der Waals surface area (Å²) >= 11 is 5.80. The first-order valence-corrected chi connectivity index (χ1v) is 8.81. The molecule has 4 aromatic rings. The van der Waals surface area contributed by atoms with E-state index < -0.39 is 11.9 Å². The van der Waals surface area contributed by atoms with E-state index in [0.29, 0.717) is 17.0 Å². The first-order chi connectivity index (χ1) is 13.9. The van der Waals surface area contributed by atoms with Gasteiger partial charge < -0.3 is 15.0 Å². The second-order valence-corrected chi connectivity index (χ2v) is 6.44. The molecule has 0 bridgehead atoms. The van der Waals surface area contributed by atoms with Crippen molar-refractivity contribution >= 4 is 51.9 Å². The molecule has 2 N–H and O–H groups in total.